The number of imide groups is 1. The molecule has 0 radical (unpaired) electrons. The second kappa shape index (κ2) is 8.54. The van der Waals surface area contributed by atoms with Crippen molar-refractivity contribution in [3.8, 4) is 11.5 Å². The number of urea groups is 1. The Morgan fingerprint density at radius 2 is 1.94 bits per heavy atom. The minimum Gasteiger partial charge on any atom is -0.504 e. The van der Waals surface area contributed by atoms with Gasteiger partial charge in [0.15, 0.2) is 11.5 Å². The second-order valence-electron chi connectivity index (χ2n) is 9.41. The lowest BCUT2D eigenvalue weighted by molar-refractivity contribution is -0.154. The Kier molecular flexibility index (Phi) is 6.29. The molecule has 0 bridgehead atoms. The van der Waals surface area contributed by atoms with Gasteiger partial charge >= 0.3 is 12.0 Å². The van der Waals surface area contributed by atoms with Gasteiger partial charge in [0.25, 0.3) is 0 Å². The first-order valence-electron chi connectivity index (χ1n) is 10.6. The highest BCUT2D eigenvalue weighted by atomic mass is 16.5. The second-order valence-corrected chi connectivity index (χ2v) is 9.41. The summed E-state index contributed by atoms with van der Waals surface area (Å²) < 4.78 is 5.17. The van der Waals surface area contributed by atoms with E-state index in [9.17, 15) is 29.4 Å². The van der Waals surface area contributed by atoms with E-state index in [4.69, 9.17) is 10.5 Å². The third kappa shape index (κ3) is 4.08. The summed E-state index contributed by atoms with van der Waals surface area (Å²) in [6.45, 7) is 5.27. The predicted octanol–water partition coefficient (Wildman–Crippen LogP) is 0.717. The zero-order valence-corrected chi connectivity index (χ0v) is 19.0. The van der Waals surface area contributed by atoms with Crippen LogP contribution in [-0.4, -0.2) is 63.7 Å². The number of primary amides is 1. The van der Waals surface area contributed by atoms with Gasteiger partial charge in [-0.15, -0.1) is 0 Å². The number of fused-ring (bicyclic) bond motifs is 1. The average molecular weight is 463 g/mol. The Morgan fingerprint density at radius 3 is 2.48 bits per heavy atom. The van der Waals surface area contributed by atoms with E-state index in [2.05, 4.69) is 10.6 Å². The molecule has 1 aromatic carbocycles. The van der Waals surface area contributed by atoms with E-state index >= 15 is 0 Å². The molecule has 4 unspecified atom stereocenters. The van der Waals surface area contributed by atoms with Gasteiger partial charge in [0.2, 0.25) is 11.8 Å². The average Bonchev–Trinajstić information content (AvgIpc) is 3.20. The first-order chi connectivity index (χ1) is 15.3. The van der Waals surface area contributed by atoms with Crippen LogP contribution in [-0.2, 0) is 14.4 Å². The number of benzene rings is 1. The molecular weight excluding hydrogens is 432 g/mol. The Bertz CT molecular complexity index is 989. The molecule has 0 aliphatic carbocycles. The van der Waals surface area contributed by atoms with Gasteiger partial charge in [-0.1, -0.05) is 6.07 Å². The largest absolute Gasteiger partial charge is 0.504 e. The summed E-state index contributed by atoms with van der Waals surface area (Å²) in [7, 11) is 1.38. The zero-order chi connectivity index (χ0) is 24.7. The van der Waals surface area contributed by atoms with E-state index in [-0.39, 0.29) is 30.9 Å². The summed E-state index contributed by atoms with van der Waals surface area (Å²) in [5.41, 5.74) is 3.02. The standard InChI is InChI=1S/C22H30N4O7/c1-21(2,3)26-17(28)14-15(18(26)29)22(19(30)31,8-5-9-24-20(23)32)25-16(14)11-6-7-12(27)13(10-11)33-4/h6-7,10,14-16,25,27H,5,8-9H2,1-4H3,(H,30,31)(H3,23,24,32). The van der Waals surface area contributed by atoms with Crippen LogP contribution in [0.5, 0.6) is 11.5 Å². The number of nitrogens with zero attached hydrogens (tertiary/aromatic N) is 1. The number of carbonyl (C=O) groups is 4. The van der Waals surface area contributed by atoms with Gasteiger partial charge in [-0.05, 0) is 51.3 Å². The maximum absolute atomic E-state index is 13.5. The number of hydrogen-bond donors (Lipinski definition) is 5. The number of aliphatic carboxylic acids is 1. The number of hydrogen-bond acceptors (Lipinski definition) is 7. The van der Waals surface area contributed by atoms with Crippen LogP contribution in [0.15, 0.2) is 18.2 Å². The van der Waals surface area contributed by atoms with Crippen LogP contribution in [0.25, 0.3) is 0 Å². The highest BCUT2D eigenvalue weighted by Crippen LogP contribution is 2.52. The zero-order valence-electron chi connectivity index (χ0n) is 19.0. The Labute approximate surface area is 191 Å². The molecule has 0 aromatic heterocycles. The lowest BCUT2D eigenvalue weighted by Gasteiger charge is -2.35. The van der Waals surface area contributed by atoms with Crippen LogP contribution >= 0.6 is 0 Å². The molecule has 1 aromatic rings. The van der Waals surface area contributed by atoms with E-state index in [0.29, 0.717) is 5.56 Å². The van der Waals surface area contributed by atoms with Crippen molar-refractivity contribution in [3.63, 3.8) is 0 Å². The molecule has 33 heavy (non-hydrogen) atoms. The van der Waals surface area contributed by atoms with Crippen molar-refractivity contribution >= 4 is 23.8 Å². The molecule has 2 heterocycles. The number of aromatic hydroxyl groups is 1. The smallest absolute Gasteiger partial charge is 0.324 e. The van der Waals surface area contributed by atoms with E-state index in [1.807, 2.05) is 0 Å². The lowest BCUT2D eigenvalue weighted by Crippen LogP contribution is -2.57. The maximum Gasteiger partial charge on any atom is 0.324 e. The summed E-state index contributed by atoms with van der Waals surface area (Å²) in [4.78, 5) is 51.8. The fourth-order valence-corrected chi connectivity index (χ4v) is 4.95. The highest BCUT2D eigenvalue weighted by Gasteiger charge is 2.69. The van der Waals surface area contributed by atoms with Crippen LogP contribution < -0.4 is 21.1 Å². The normalized spacial score (nSPS) is 26.9. The van der Waals surface area contributed by atoms with Crippen molar-refractivity contribution in [2.24, 2.45) is 17.6 Å². The molecule has 11 heteroatoms. The van der Waals surface area contributed by atoms with Crippen molar-refractivity contribution in [2.45, 2.75) is 50.7 Å². The van der Waals surface area contributed by atoms with Gasteiger partial charge in [-0.2, -0.15) is 0 Å². The van der Waals surface area contributed by atoms with E-state index in [0.717, 1.165) is 4.90 Å². The topological polar surface area (TPSA) is 171 Å². The Hall–Kier alpha value is -3.34. The number of likely N-dealkylation sites (tertiary alicyclic amines) is 1. The van der Waals surface area contributed by atoms with Gasteiger partial charge in [0.1, 0.15) is 5.54 Å². The number of nitrogens with one attached hydrogen (secondary N) is 2. The third-order valence-corrected chi connectivity index (χ3v) is 6.32. The number of phenolic OH excluding ortho intramolecular Hbond substituents is 1. The van der Waals surface area contributed by atoms with Crippen LogP contribution in [0, 0.1) is 11.8 Å². The van der Waals surface area contributed by atoms with Gasteiger partial charge in [-0.25, -0.2) is 4.79 Å². The predicted molar refractivity (Wildman–Crippen MR) is 116 cm³/mol. The molecule has 4 atom stereocenters. The van der Waals surface area contributed by atoms with E-state index in [1.54, 1.807) is 26.8 Å². The molecule has 2 aliphatic rings. The van der Waals surface area contributed by atoms with Crippen molar-refractivity contribution in [1.82, 2.24) is 15.5 Å². The molecule has 180 valence electrons. The summed E-state index contributed by atoms with van der Waals surface area (Å²) in [6, 6.07) is 2.93. The van der Waals surface area contributed by atoms with Crippen LogP contribution in [0.4, 0.5) is 4.79 Å². The first-order valence-corrected chi connectivity index (χ1v) is 10.6. The molecule has 4 amide bonds. The Morgan fingerprint density at radius 1 is 1.27 bits per heavy atom. The van der Waals surface area contributed by atoms with Crippen LogP contribution in [0.2, 0.25) is 0 Å². The van der Waals surface area contributed by atoms with Crippen molar-refractivity contribution in [2.75, 3.05) is 13.7 Å². The molecular formula is C22H30N4O7. The fraction of sp³-hybridized carbons (Fsp3) is 0.545. The minimum absolute atomic E-state index is 0.0213. The van der Waals surface area contributed by atoms with Crippen molar-refractivity contribution < 1.29 is 34.1 Å². The van der Waals surface area contributed by atoms with Crippen molar-refractivity contribution in [3.05, 3.63) is 23.8 Å². The molecule has 3 rings (SSSR count). The number of amides is 4. The van der Waals surface area contributed by atoms with E-state index < -0.39 is 52.8 Å². The molecule has 2 saturated heterocycles. The number of rotatable bonds is 7. The minimum atomic E-state index is -1.74. The lowest BCUT2D eigenvalue weighted by atomic mass is 9.77. The molecule has 11 nitrogen and oxygen atoms in total. The number of carboxylic acid groups (broad SMARTS) is 1. The highest BCUT2D eigenvalue weighted by molar-refractivity contribution is 6.10. The number of methoxy groups -OCH3 is 1. The number of nitrogens with two attached hydrogens (primary N) is 1. The number of carbonyl (C=O) groups excluding carboxylic acids is 3. The van der Waals surface area contributed by atoms with E-state index in [1.165, 1.54) is 19.2 Å². The van der Waals surface area contributed by atoms with Crippen LogP contribution in [0.1, 0.15) is 45.2 Å². The molecule has 0 saturated carbocycles. The summed E-state index contributed by atoms with van der Waals surface area (Å²) >= 11 is 0. The SMILES string of the molecule is COc1cc(C2NC(CCCNC(N)=O)(C(=O)O)C3C(=O)N(C(C)(C)C)C(=O)C23)ccc1O. The summed E-state index contributed by atoms with van der Waals surface area (Å²) in [5.74, 6) is -4.34. The summed E-state index contributed by atoms with van der Waals surface area (Å²) in [6.07, 6.45) is 0.195. The monoisotopic (exact) mass is 462 g/mol. The van der Waals surface area contributed by atoms with Gasteiger partial charge in [0.05, 0.1) is 18.9 Å². The molecule has 2 aliphatic heterocycles. The fourth-order valence-electron chi connectivity index (χ4n) is 4.95. The first kappa shape index (κ1) is 24.3. The molecule has 0 spiro atoms. The quantitative estimate of drug-likeness (QED) is 0.291. The summed E-state index contributed by atoms with van der Waals surface area (Å²) in [5, 5.41) is 25.8. The number of carboxylic acids is 1. The molecule has 6 N–H and O–H groups in total. The third-order valence-electron chi connectivity index (χ3n) is 6.32. The van der Waals surface area contributed by atoms with Gasteiger partial charge < -0.3 is 26.0 Å². The van der Waals surface area contributed by atoms with Gasteiger partial charge in [0, 0.05) is 18.1 Å². The van der Waals surface area contributed by atoms with Crippen molar-refractivity contribution in [1.29, 1.82) is 0 Å². The number of phenols is 1. The Balaban J connectivity index is 2.09. The maximum atomic E-state index is 13.5. The van der Waals surface area contributed by atoms with Gasteiger partial charge in [-0.3, -0.25) is 24.6 Å². The van der Waals surface area contributed by atoms with Crippen LogP contribution in [0.3, 0.4) is 0 Å². The number of ether oxygens (including phenoxy) is 1. The molecule has 2 fully saturated rings.